The molecule has 0 spiro atoms. The lowest BCUT2D eigenvalue weighted by Crippen LogP contribution is -2.39. The number of aliphatic carboxylic acids is 1. The van der Waals surface area contributed by atoms with Crippen molar-refractivity contribution in [3.63, 3.8) is 0 Å². The largest absolute Gasteiger partial charge is 0.481 e. The van der Waals surface area contributed by atoms with E-state index in [-0.39, 0.29) is 11.8 Å². The molecule has 0 aromatic carbocycles. The minimum absolute atomic E-state index is 0.333. The molecule has 41 heavy (non-hydrogen) atoms. The number of likely N-dealkylation sites (tertiary alicyclic amines) is 1. The smallest absolute Gasteiger partial charge is 0.306 e. The number of carboxylic acid groups (broad SMARTS) is 1. The molecule has 13 heteroatoms. The first-order valence-electron chi connectivity index (χ1n) is 13.9. The van der Waals surface area contributed by atoms with Crippen molar-refractivity contribution in [3.05, 3.63) is 39.3 Å². The van der Waals surface area contributed by atoms with Gasteiger partial charge in [-0.05, 0) is 57.7 Å². The Bertz CT molecular complexity index is 1450. The number of nitrogens with zero attached hydrogens (tertiary/aromatic N) is 5. The normalized spacial score (nSPS) is 21.6. The van der Waals surface area contributed by atoms with Gasteiger partial charge in [-0.1, -0.05) is 34.5 Å². The maximum atomic E-state index is 13.3. The average Bonchev–Trinajstić information content (AvgIpc) is 3.72. The van der Waals surface area contributed by atoms with Crippen molar-refractivity contribution >= 4 is 73.7 Å². The number of piperidine rings is 1. The van der Waals surface area contributed by atoms with Crippen LogP contribution in [-0.4, -0.2) is 76.7 Å². The van der Waals surface area contributed by atoms with Crippen LogP contribution in [0.15, 0.2) is 23.7 Å². The zero-order chi connectivity index (χ0) is 28.8. The molecule has 6 rings (SSSR count). The Morgan fingerprint density at radius 3 is 2.54 bits per heavy atom. The molecule has 0 bridgehead atoms. The van der Waals surface area contributed by atoms with Crippen LogP contribution in [0.25, 0.3) is 10.6 Å². The molecule has 6 heterocycles. The fourth-order valence-electron chi connectivity index (χ4n) is 6.27. The lowest BCUT2D eigenvalue weighted by molar-refractivity contribution is -0.142. The monoisotopic (exact) mass is 634 g/mol. The zero-order valence-corrected chi connectivity index (χ0v) is 26.0. The highest BCUT2D eigenvalue weighted by molar-refractivity contribution is 7.21. The number of pyridine rings is 1. The number of thiophene rings is 1. The topological polar surface area (TPSA) is 102 Å². The Hall–Kier alpha value is -2.44. The number of nitrogens with one attached hydrogen (secondary N) is 1. The van der Waals surface area contributed by atoms with Crippen molar-refractivity contribution in [1.29, 1.82) is 0 Å². The van der Waals surface area contributed by atoms with Crippen LogP contribution < -0.4 is 15.1 Å². The fraction of sp³-hybridized carbons (Fsp3) is 0.500. The molecule has 0 radical (unpaired) electrons. The summed E-state index contributed by atoms with van der Waals surface area (Å²) in [6, 6.07) is 4.57. The summed E-state index contributed by atoms with van der Waals surface area (Å²) in [7, 11) is 0. The van der Waals surface area contributed by atoms with Crippen LogP contribution in [0.5, 0.6) is 0 Å². The molecule has 2 unspecified atom stereocenters. The van der Waals surface area contributed by atoms with Crippen molar-refractivity contribution < 1.29 is 14.7 Å². The van der Waals surface area contributed by atoms with Gasteiger partial charge in [0.1, 0.15) is 16.5 Å². The summed E-state index contributed by atoms with van der Waals surface area (Å²) in [6.07, 6.45) is 3.78. The quantitative estimate of drug-likeness (QED) is 0.324. The van der Waals surface area contributed by atoms with E-state index in [2.05, 4.69) is 33.9 Å². The van der Waals surface area contributed by atoms with Crippen LogP contribution in [-0.2, 0) is 4.79 Å². The number of hydrogen-bond donors (Lipinski definition) is 2. The number of carbonyl (C=O) groups is 2. The Morgan fingerprint density at radius 1 is 1.10 bits per heavy atom. The number of carbonyl (C=O) groups excluding carboxylic acids is 1. The molecule has 9 nitrogen and oxygen atoms in total. The van der Waals surface area contributed by atoms with Crippen molar-refractivity contribution in [2.75, 3.05) is 47.8 Å². The maximum Gasteiger partial charge on any atom is 0.306 e. The average molecular weight is 636 g/mol. The highest BCUT2D eigenvalue weighted by Gasteiger charge is 2.43. The third kappa shape index (κ3) is 5.79. The summed E-state index contributed by atoms with van der Waals surface area (Å²) >= 11 is 15.9. The summed E-state index contributed by atoms with van der Waals surface area (Å²) in [5.41, 5.74) is 1.18. The number of aromatic nitrogens is 2. The molecule has 3 aliphatic rings. The molecule has 1 amide bonds. The third-order valence-electron chi connectivity index (χ3n) is 8.40. The Labute approximate surface area is 257 Å². The molecule has 0 saturated carbocycles. The van der Waals surface area contributed by atoms with E-state index >= 15 is 0 Å². The SMILES string of the molecule is CC(C)N1CCC2CN(c3sc(NC(=O)c4cnc(N5CCC(C(=O)O)CC5)c(Cl)c4)nc3-c3cc(Cl)cs3)CC21. The predicted molar refractivity (Wildman–Crippen MR) is 166 cm³/mol. The van der Waals surface area contributed by atoms with Gasteiger partial charge in [-0.15, -0.1) is 11.3 Å². The van der Waals surface area contributed by atoms with Gasteiger partial charge in [0, 0.05) is 49.8 Å². The van der Waals surface area contributed by atoms with Crippen molar-refractivity contribution in [2.24, 2.45) is 11.8 Å². The first kappa shape index (κ1) is 28.7. The van der Waals surface area contributed by atoms with Crippen molar-refractivity contribution in [3.8, 4) is 10.6 Å². The van der Waals surface area contributed by atoms with Gasteiger partial charge in [-0.2, -0.15) is 0 Å². The van der Waals surface area contributed by atoms with Crippen LogP contribution in [0.4, 0.5) is 16.0 Å². The predicted octanol–water partition coefficient (Wildman–Crippen LogP) is 6.05. The zero-order valence-electron chi connectivity index (χ0n) is 22.8. The number of thiazole rings is 1. The van der Waals surface area contributed by atoms with Crippen molar-refractivity contribution in [1.82, 2.24) is 14.9 Å². The van der Waals surface area contributed by atoms with E-state index in [4.69, 9.17) is 28.2 Å². The summed E-state index contributed by atoms with van der Waals surface area (Å²) in [4.78, 5) is 41.8. The van der Waals surface area contributed by atoms with E-state index in [0.29, 0.717) is 70.5 Å². The Balaban J connectivity index is 1.20. The molecule has 3 aromatic heterocycles. The van der Waals surface area contributed by atoms with Gasteiger partial charge in [0.15, 0.2) is 5.13 Å². The number of halogens is 2. The minimum Gasteiger partial charge on any atom is -0.481 e. The summed E-state index contributed by atoms with van der Waals surface area (Å²) in [5.74, 6) is -0.260. The van der Waals surface area contributed by atoms with Crippen LogP contribution >= 0.6 is 45.9 Å². The van der Waals surface area contributed by atoms with Gasteiger partial charge in [-0.3, -0.25) is 19.8 Å². The first-order chi connectivity index (χ1) is 19.7. The summed E-state index contributed by atoms with van der Waals surface area (Å²) < 4.78 is 0. The fourth-order valence-corrected chi connectivity index (χ4v) is 8.68. The number of anilines is 3. The van der Waals surface area contributed by atoms with Gasteiger partial charge in [-0.25, -0.2) is 9.97 Å². The lowest BCUT2D eigenvalue weighted by Gasteiger charge is -2.31. The second-order valence-corrected chi connectivity index (χ2v) is 14.0. The highest BCUT2D eigenvalue weighted by Crippen LogP contribution is 2.45. The molecule has 3 aromatic rings. The number of carboxylic acids is 1. The summed E-state index contributed by atoms with van der Waals surface area (Å²) in [5, 5.41) is 16.7. The second-order valence-electron chi connectivity index (χ2n) is 11.2. The Kier molecular flexibility index (Phi) is 8.17. The lowest BCUT2D eigenvalue weighted by atomic mass is 9.97. The molecular weight excluding hydrogens is 603 g/mol. The van der Waals surface area contributed by atoms with Gasteiger partial charge < -0.3 is 14.9 Å². The van der Waals surface area contributed by atoms with Crippen LogP contribution in [0.3, 0.4) is 0 Å². The van der Waals surface area contributed by atoms with E-state index in [1.54, 1.807) is 17.4 Å². The molecule has 3 saturated heterocycles. The van der Waals surface area contributed by atoms with Gasteiger partial charge in [0.2, 0.25) is 0 Å². The van der Waals surface area contributed by atoms with Crippen molar-refractivity contribution in [2.45, 2.75) is 45.2 Å². The number of fused-ring (bicyclic) bond motifs is 1. The molecule has 218 valence electrons. The number of hydrogen-bond acceptors (Lipinski definition) is 9. The van der Waals surface area contributed by atoms with E-state index in [9.17, 15) is 14.7 Å². The van der Waals surface area contributed by atoms with Gasteiger partial charge >= 0.3 is 5.97 Å². The molecule has 3 fully saturated rings. The molecule has 2 N–H and O–H groups in total. The standard InChI is InChI=1S/C28H32Cl2N6O3S2/c1-15(2)36-8-5-17-12-35(13-21(17)36)26-23(22-10-19(29)14-40-22)32-28(41-26)33-25(37)18-9-20(30)24(31-11-18)34-6-3-16(4-7-34)27(38)39/h9-11,14-17,21H,3-8,12-13H2,1-2H3,(H,38,39)(H,32,33,37). The number of rotatable bonds is 7. The van der Waals surface area contributed by atoms with E-state index in [1.165, 1.54) is 24.0 Å². The summed E-state index contributed by atoms with van der Waals surface area (Å²) in [6.45, 7) is 8.70. The van der Waals surface area contributed by atoms with E-state index < -0.39 is 5.97 Å². The van der Waals surface area contributed by atoms with Gasteiger partial charge in [0.25, 0.3) is 5.91 Å². The Morgan fingerprint density at radius 2 is 1.88 bits per heavy atom. The van der Waals surface area contributed by atoms with Crippen LogP contribution in [0.2, 0.25) is 10.0 Å². The molecule has 2 atom stereocenters. The first-order valence-corrected chi connectivity index (χ1v) is 16.3. The van der Waals surface area contributed by atoms with Crippen LogP contribution in [0, 0.1) is 11.8 Å². The maximum absolute atomic E-state index is 13.3. The number of amides is 1. The minimum atomic E-state index is -0.767. The van der Waals surface area contributed by atoms with E-state index in [1.807, 2.05) is 16.3 Å². The van der Waals surface area contributed by atoms with E-state index in [0.717, 1.165) is 35.2 Å². The molecular formula is C28H32Cl2N6O3S2. The molecule has 3 aliphatic heterocycles. The third-order valence-corrected chi connectivity index (χ3v) is 11.0. The molecule has 0 aliphatic carbocycles. The van der Waals surface area contributed by atoms with Crippen LogP contribution in [0.1, 0.15) is 43.5 Å². The van der Waals surface area contributed by atoms with Gasteiger partial charge in [0.05, 0.1) is 26.4 Å². The highest BCUT2D eigenvalue weighted by atomic mass is 35.5. The second kappa shape index (κ2) is 11.7.